The van der Waals surface area contributed by atoms with Crippen molar-refractivity contribution in [2.75, 3.05) is 26.9 Å². The second-order valence-corrected chi connectivity index (χ2v) is 7.26. The molecule has 0 aliphatic heterocycles. The van der Waals surface area contributed by atoms with Gasteiger partial charge in [0, 0.05) is 31.4 Å². The van der Waals surface area contributed by atoms with Crippen LogP contribution < -0.4 is 10.6 Å². The topological polar surface area (TPSA) is 56.7 Å². The van der Waals surface area contributed by atoms with Gasteiger partial charge in [0.2, 0.25) is 5.91 Å². The molecule has 122 valence electrons. The van der Waals surface area contributed by atoms with Gasteiger partial charge in [-0.25, -0.2) is 4.99 Å². The standard InChI is InChI=1S/C15H30N4OS/c1-11(2)17-15(16-10-14(20)19(3)4)18-12-7-6-8-13(9-12)21-5/h11-13H,6-10H2,1-5H3,(H2,16,17,18). The summed E-state index contributed by atoms with van der Waals surface area (Å²) in [5.41, 5.74) is 0. The Morgan fingerprint density at radius 2 is 2.10 bits per heavy atom. The molecule has 6 heteroatoms. The van der Waals surface area contributed by atoms with Crippen LogP contribution in [-0.2, 0) is 4.79 Å². The Labute approximate surface area is 133 Å². The Bertz CT molecular complexity index is 358. The van der Waals surface area contributed by atoms with Crippen LogP contribution in [0.4, 0.5) is 0 Å². The molecule has 0 aromatic carbocycles. The molecule has 1 amide bonds. The predicted molar refractivity (Wildman–Crippen MR) is 92.0 cm³/mol. The van der Waals surface area contributed by atoms with Gasteiger partial charge in [-0.05, 0) is 39.4 Å². The summed E-state index contributed by atoms with van der Waals surface area (Å²) >= 11 is 1.95. The molecule has 1 aliphatic carbocycles. The summed E-state index contributed by atoms with van der Waals surface area (Å²) < 4.78 is 0. The number of thioether (sulfide) groups is 1. The Kier molecular flexibility index (Phi) is 7.93. The van der Waals surface area contributed by atoms with Gasteiger partial charge in [0.15, 0.2) is 5.96 Å². The van der Waals surface area contributed by atoms with Crippen molar-refractivity contribution in [3.05, 3.63) is 0 Å². The molecule has 0 aromatic rings. The van der Waals surface area contributed by atoms with Crippen molar-refractivity contribution in [3.63, 3.8) is 0 Å². The van der Waals surface area contributed by atoms with Gasteiger partial charge < -0.3 is 15.5 Å². The third kappa shape index (κ3) is 7.07. The molecule has 0 spiro atoms. The van der Waals surface area contributed by atoms with Crippen molar-refractivity contribution in [1.29, 1.82) is 0 Å². The van der Waals surface area contributed by atoms with E-state index in [9.17, 15) is 4.79 Å². The summed E-state index contributed by atoms with van der Waals surface area (Å²) in [6.07, 6.45) is 7.10. The lowest BCUT2D eigenvalue weighted by molar-refractivity contribution is -0.127. The van der Waals surface area contributed by atoms with Crippen LogP contribution in [0.3, 0.4) is 0 Å². The molecule has 2 atom stereocenters. The number of rotatable bonds is 5. The van der Waals surface area contributed by atoms with Gasteiger partial charge in [0.05, 0.1) is 0 Å². The average Bonchev–Trinajstić information content (AvgIpc) is 2.43. The molecule has 21 heavy (non-hydrogen) atoms. The normalized spacial score (nSPS) is 23.0. The zero-order chi connectivity index (χ0) is 15.8. The van der Waals surface area contributed by atoms with Crippen LogP contribution in [0.2, 0.25) is 0 Å². The number of aliphatic imine (C=N–C) groups is 1. The lowest BCUT2D eigenvalue weighted by atomic mass is 9.95. The van der Waals surface area contributed by atoms with E-state index in [1.54, 1.807) is 19.0 Å². The molecular weight excluding hydrogens is 284 g/mol. The summed E-state index contributed by atoms with van der Waals surface area (Å²) in [6.45, 7) is 4.35. The largest absolute Gasteiger partial charge is 0.354 e. The minimum atomic E-state index is 0.0190. The summed E-state index contributed by atoms with van der Waals surface area (Å²) in [5.74, 6) is 0.775. The fraction of sp³-hybridized carbons (Fsp3) is 0.867. The fourth-order valence-corrected chi connectivity index (χ4v) is 3.21. The number of amides is 1. The van der Waals surface area contributed by atoms with Crippen molar-refractivity contribution in [2.45, 2.75) is 56.9 Å². The van der Waals surface area contributed by atoms with E-state index in [2.05, 4.69) is 35.7 Å². The summed E-state index contributed by atoms with van der Waals surface area (Å²) in [4.78, 5) is 17.7. The van der Waals surface area contributed by atoms with Crippen LogP contribution in [0.5, 0.6) is 0 Å². The highest BCUT2D eigenvalue weighted by atomic mass is 32.2. The molecule has 0 heterocycles. The lowest BCUT2D eigenvalue weighted by Gasteiger charge is -2.30. The van der Waals surface area contributed by atoms with E-state index in [4.69, 9.17) is 0 Å². The first-order valence-corrected chi connectivity index (χ1v) is 9.01. The number of carbonyl (C=O) groups is 1. The minimum absolute atomic E-state index is 0.0190. The first-order valence-electron chi connectivity index (χ1n) is 7.72. The molecule has 1 rings (SSSR count). The second kappa shape index (κ2) is 9.18. The van der Waals surface area contributed by atoms with Gasteiger partial charge in [-0.3, -0.25) is 4.79 Å². The summed E-state index contributed by atoms with van der Waals surface area (Å²) in [6, 6.07) is 0.751. The van der Waals surface area contributed by atoms with Crippen LogP contribution in [-0.4, -0.2) is 61.0 Å². The van der Waals surface area contributed by atoms with E-state index in [1.807, 2.05) is 11.8 Å². The predicted octanol–water partition coefficient (Wildman–Crippen LogP) is 1.69. The maximum Gasteiger partial charge on any atom is 0.243 e. The molecule has 5 nitrogen and oxygen atoms in total. The van der Waals surface area contributed by atoms with Gasteiger partial charge in [0.1, 0.15) is 6.54 Å². The van der Waals surface area contributed by atoms with E-state index in [-0.39, 0.29) is 12.5 Å². The number of nitrogens with zero attached hydrogens (tertiary/aromatic N) is 2. The van der Waals surface area contributed by atoms with E-state index in [0.29, 0.717) is 12.1 Å². The highest BCUT2D eigenvalue weighted by Crippen LogP contribution is 2.26. The number of guanidine groups is 1. The van der Waals surface area contributed by atoms with Crippen LogP contribution in [0.1, 0.15) is 39.5 Å². The number of hydrogen-bond donors (Lipinski definition) is 2. The van der Waals surface area contributed by atoms with E-state index in [1.165, 1.54) is 25.7 Å². The highest BCUT2D eigenvalue weighted by Gasteiger charge is 2.22. The monoisotopic (exact) mass is 314 g/mol. The fourth-order valence-electron chi connectivity index (χ4n) is 2.38. The quantitative estimate of drug-likeness (QED) is 0.599. The van der Waals surface area contributed by atoms with Gasteiger partial charge in [-0.15, -0.1) is 0 Å². The molecule has 2 N–H and O–H groups in total. The third-order valence-electron chi connectivity index (χ3n) is 3.60. The van der Waals surface area contributed by atoms with Crippen LogP contribution in [0.25, 0.3) is 0 Å². The second-order valence-electron chi connectivity index (χ2n) is 6.12. The van der Waals surface area contributed by atoms with E-state index in [0.717, 1.165) is 11.2 Å². The SMILES string of the molecule is CSC1CCCC(NC(=NCC(=O)N(C)C)NC(C)C)C1. The average molecular weight is 314 g/mol. The zero-order valence-electron chi connectivity index (χ0n) is 14.0. The van der Waals surface area contributed by atoms with Gasteiger partial charge in [-0.1, -0.05) is 6.42 Å². The summed E-state index contributed by atoms with van der Waals surface area (Å²) in [5, 5.41) is 7.55. The van der Waals surface area contributed by atoms with Gasteiger partial charge in [-0.2, -0.15) is 11.8 Å². The zero-order valence-corrected chi connectivity index (χ0v) is 14.8. The Morgan fingerprint density at radius 1 is 1.38 bits per heavy atom. The van der Waals surface area contributed by atoms with Crippen LogP contribution >= 0.6 is 11.8 Å². The lowest BCUT2D eigenvalue weighted by Crippen LogP contribution is -2.48. The van der Waals surface area contributed by atoms with Crippen molar-refractivity contribution < 1.29 is 4.79 Å². The first-order chi connectivity index (χ1) is 9.92. The van der Waals surface area contributed by atoms with Crippen molar-refractivity contribution >= 4 is 23.6 Å². The molecule has 1 saturated carbocycles. The molecular formula is C15H30N4OS. The molecule has 1 aliphatic rings. The first kappa shape index (κ1) is 18.1. The number of nitrogens with one attached hydrogen (secondary N) is 2. The van der Waals surface area contributed by atoms with Crippen LogP contribution in [0, 0.1) is 0 Å². The molecule has 0 saturated heterocycles. The molecule has 1 fully saturated rings. The maximum absolute atomic E-state index is 11.7. The van der Waals surface area contributed by atoms with Crippen molar-refractivity contribution in [1.82, 2.24) is 15.5 Å². The molecule has 0 radical (unpaired) electrons. The maximum atomic E-state index is 11.7. The smallest absolute Gasteiger partial charge is 0.243 e. The summed E-state index contributed by atoms with van der Waals surface area (Å²) in [7, 11) is 3.51. The Morgan fingerprint density at radius 3 is 2.67 bits per heavy atom. The minimum Gasteiger partial charge on any atom is -0.354 e. The van der Waals surface area contributed by atoms with Crippen molar-refractivity contribution in [3.8, 4) is 0 Å². The number of likely N-dealkylation sites (N-methyl/N-ethyl adjacent to an activating group) is 1. The third-order valence-corrected chi connectivity index (χ3v) is 4.69. The van der Waals surface area contributed by atoms with Gasteiger partial charge >= 0.3 is 0 Å². The van der Waals surface area contributed by atoms with Crippen LogP contribution in [0.15, 0.2) is 4.99 Å². The molecule has 2 unspecified atom stereocenters. The highest BCUT2D eigenvalue weighted by molar-refractivity contribution is 7.99. The molecule has 0 aromatic heterocycles. The van der Waals surface area contributed by atoms with Gasteiger partial charge in [0.25, 0.3) is 0 Å². The van der Waals surface area contributed by atoms with E-state index >= 15 is 0 Å². The number of hydrogen-bond acceptors (Lipinski definition) is 3. The van der Waals surface area contributed by atoms with E-state index < -0.39 is 0 Å². The number of carbonyl (C=O) groups excluding carboxylic acids is 1. The Balaban J connectivity index is 2.60. The Hall–Kier alpha value is -0.910. The van der Waals surface area contributed by atoms with Crippen molar-refractivity contribution in [2.24, 2.45) is 4.99 Å². The molecule has 0 bridgehead atoms.